The van der Waals surface area contributed by atoms with Crippen LogP contribution in [0.15, 0.2) is 78.2 Å². The summed E-state index contributed by atoms with van der Waals surface area (Å²) >= 11 is 7.27. The first-order valence-electron chi connectivity index (χ1n) is 10.5. The summed E-state index contributed by atoms with van der Waals surface area (Å²) in [6, 6.07) is 17.4. The van der Waals surface area contributed by atoms with E-state index in [0.717, 1.165) is 11.4 Å². The molecule has 0 aliphatic heterocycles. The number of carbonyl (C=O) groups excluding carboxylic acids is 2. The van der Waals surface area contributed by atoms with Gasteiger partial charge in [-0.05, 0) is 55.5 Å². The van der Waals surface area contributed by atoms with Crippen molar-refractivity contribution in [3.8, 4) is 11.4 Å². The van der Waals surface area contributed by atoms with Gasteiger partial charge in [-0.15, -0.1) is 10.2 Å². The van der Waals surface area contributed by atoms with E-state index in [2.05, 4.69) is 25.8 Å². The molecule has 0 aliphatic carbocycles. The first-order valence-corrected chi connectivity index (χ1v) is 11.8. The number of benzene rings is 2. The number of thioether (sulfide) groups is 1. The second-order valence-electron chi connectivity index (χ2n) is 7.17. The van der Waals surface area contributed by atoms with Crippen LogP contribution < -0.4 is 10.6 Å². The smallest absolute Gasteiger partial charge is 0.255 e. The maximum absolute atomic E-state index is 12.6. The van der Waals surface area contributed by atoms with Gasteiger partial charge in [0.2, 0.25) is 5.91 Å². The zero-order chi connectivity index (χ0) is 23.9. The quantitative estimate of drug-likeness (QED) is 0.336. The van der Waals surface area contributed by atoms with Gasteiger partial charge in [0.25, 0.3) is 5.91 Å². The standard InChI is InChI=1S/C24H21ClN6O2S/c1-2-31-22(16-9-11-26-12-10-16)29-30-24(31)34-15-21(32)27-19-7-4-8-20(14-19)28-23(33)17-5-3-6-18(25)13-17/h3-14H,2,15H2,1H3,(H,27,32)(H,28,33). The van der Waals surface area contributed by atoms with Gasteiger partial charge in [0.1, 0.15) is 0 Å². The summed E-state index contributed by atoms with van der Waals surface area (Å²) in [7, 11) is 0. The van der Waals surface area contributed by atoms with Crippen LogP contribution in [-0.2, 0) is 11.3 Å². The highest BCUT2D eigenvalue weighted by atomic mass is 35.5. The van der Waals surface area contributed by atoms with Crippen molar-refractivity contribution in [1.82, 2.24) is 19.7 Å². The fraction of sp³-hybridized carbons (Fsp3) is 0.125. The van der Waals surface area contributed by atoms with E-state index in [1.54, 1.807) is 60.9 Å². The number of rotatable bonds is 8. The molecule has 4 rings (SSSR count). The van der Waals surface area contributed by atoms with E-state index in [1.165, 1.54) is 11.8 Å². The van der Waals surface area contributed by atoms with Crippen LogP contribution in [0.2, 0.25) is 5.02 Å². The number of aromatic nitrogens is 4. The van der Waals surface area contributed by atoms with Crippen LogP contribution >= 0.6 is 23.4 Å². The highest BCUT2D eigenvalue weighted by Gasteiger charge is 2.15. The van der Waals surface area contributed by atoms with E-state index in [4.69, 9.17) is 11.6 Å². The highest BCUT2D eigenvalue weighted by Crippen LogP contribution is 2.24. The van der Waals surface area contributed by atoms with Crippen molar-refractivity contribution >= 4 is 46.6 Å². The molecule has 0 aliphatic rings. The van der Waals surface area contributed by atoms with E-state index in [9.17, 15) is 9.59 Å². The predicted octanol–water partition coefficient (Wildman–Crippen LogP) is 5.00. The molecule has 0 unspecified atom stereocenters. The van der Waals surface area contributed by atoms with Crippen molar-refractivity contribution < 1.29 is 9.59 Å². The van der Waals surface area contributed by atoms with Crippen molar-refractivity contribution in [2.45, 2.75) is 18.6 Å². The first kappa shape index (κ1) is 23.5. The lowest BCUT2D eigenvalue weighted by Crippen LogP contribution is -2.15. The minimum Gasteiger partial charge on any atom is -0.325 e. The lowest BCUT2D eigenvalue weighted by atomic mass is 10.2. The Morgan fingerprint density at radius 2 is 1.71 bits per heavy atom. The van der Waals surface area contributed by atoms with Gasteiger partial charge in [-0.1, -0.05) is 35.5 Å². The van der Waals surface area contributed by atoms with Gasteiger partial charge in [-0.25, -0.2) is 0 Å². The largest absolute Gasteiger partial charge is 0.325 e. The maximum Gasteiger partial charge on any atom is 0.255 e. The number of pyridine rings is 1. The summed E-state index contributed by atoms with van der Waals surface area (Å²) in [5, 5.41) is 15.3. The summed E-state index contributed by atoms with van der Waals surface area (Å²) in [5.41, 5.74) is 2.49. The van der Waals surface area contributed by atoms with Crippen molar-refractivity contribution in [1.29, 1.82) is 0 Å². The second-order valence-corrected chi connectivity index (χ2v) is 8.55. The van der Waals surface area contributed by atoms with E-state index in [1.807, 2.05) is 23.6 Å². The molecule has 0 spiro atoms. The summed E-state index contributed by atoms with van der Waals surface area (Å²) in [6.07, 6.45) is 3.41. The molecular formula is C24H21ClN6O2S. The minimum atomic E-state index is -0.287. The molecule has 2 aromatic carbocycles. The van der Waals surface area contributed by atoms with Crippen LogP contribution in [0.1, 0.15) is 17.3 Å². The highest BCUT2D eigenvalue weighted by molar-refractivity contribution is 7.99. The Hall–Kier alpha value is -3.69. The summed E-state index contributed by atoms with van der Waals surface area (Å²) in [4.78, 5) is 29.0. The lowest BCUT2D eigenvalue weighted by molar-refractivity contribution is -0.113. The number of amides is 2. The fourth-order valence-corrected chi connectivity index (χ4v) is 4.22. The normalized spacial score (nSPS) is 10.6. The molecule has 10 heteroatoms. The van der Waals surface area contributed by atoms with Gasteiger partial charge in [0, 0.05) is 46.5 Å². The maximum atomic E-state index is 12.6. The van der Waals surface area contributed by atoms with E-state index < -0.39 is 0 Å². The molecule has 2 heterocycles. The van der Waals surface area contributed by atoms with Crippen LogP contribution in [0, 0.1) is 0 Å². The predicted molar refractivity (Wildman–Crippen MR) is 134 cm³/mol. The average molecular weight is 493 g/mol. The van der Waals surface area contributed by atoms with E-state index >= 15 is 0 Å². The molecule has 2 N–H and O–H groups in total. The molecule has 2 amide bonds. The van der Waals surface area contributed by atoms with Crippen LogP contribution in [-0.4, -0.2) is 37.3 Å². The molecule has 4 aromatic rings. The van der Waals surface area contributed by atoms with Gasteiger partial charge in [0.15, 0.2) is 11.0 Å². The van der Waals surface area contributed by atoms with Crippen LogP contribution in [0.3, 0.4) is 0 Å². The topological polar surface area (TPSA) is 102 Å². The monoisotopic (exact) mass is 492 g/mol. The summed E-state index contributed by atoms with van der Waals surface area (Å²) in [6.45, 7) is 2.67. The van der Waals surface area contributed by atoms with E-state index in [0.29, 0.717) is 33.7 Å². The number of carbonyl (C=O) groups is 2. The number of halogens is 1. The number of hydrogen-bond donors (Lipinski definition) is 2. The number of nitrogens with one attached hydrogen (secondary N) is 2. The van der Waals surface area contributed by atoms with Gasteiger partial charge < -0.3 is 15.2 Å². The van der Waals surface area contributed by atoms with E-state index in [-0.39, 0.29) is 17.6 Å². The average Bonchev–Trinajstić information content (AvgIpc) is 3.26. The second kappa shape index (κ2) is 11.0. The lowest BCUT2D eigenvalue weighted by Gasteiger charge is -2.10. The third-order valence-corrected chi connectivity index (χ3v) is 6.00. The summed E-state index contributed by atoms with van der Waals surface area (Å²) in [5.74, 6) is 0.411. The minimum absolute atomic E-state index is 0.160. The van der Waals surface area contributed by atoms with Gasteiger partial charge >= 0.3 is 0 Å². The summed E-state index contributed by atoms with van der Waals surface area (Å²) < 4.78 is 1.96. The first-order chi connectivity index (χ1) is 16.5. The number of nitrogens with zero attached hydrogens (tertiary/aromatic N) is 4. The molecule has 0 fully saturated rings. The molecule has 0 radical (unpaired) electrons. The van der Waals surface area contributed by atoms with Gasteiger partial charge in [-0.2, -0.15) is 0 Å². The van der Waals surface area contributed by atoms with Crippen LogP contribution in [0.4, 0.5) is 11.4 Å². The Balaban J connectivity index is 1.37. The van der Waals surface area contributed by atoms with Crippen LogP contribution in [0.25, 0.3) is 11.4 Å². The Labute approximate surface area is 205 Å². The molecule has 34 heavy (non-hydrogen) atoms. The van der Waals surface area contributed by atoms with Crippen molar-refractivity contribution in [2.24, 2.45) is 0 Å². The molecule has 2 aromatic heterocycles. The van der Waals surface area contributed by atoms with Crippen molar-refractivity contribution in [2.75, 3.05) is 16.4 Å². The molecule has 0 bridgehead atoms. The molecule has 0 saturated heterocycles. The molecule has 0 atom stereocenters. The Morgan fingerprint density at radius 3 is 2.44 bits per heavy atom. The molecule has 0 saturated carbocycles. The zero-order valence-electron chi connectivity index (χ0n) is 18.2. The van der Waals surface area contributed by atoms with Gasteiger partial charge in [-0.3, -0.25) is 14.6 Å². The molecule has 8 nitrogen and oxygen atoms in total. The fourth-order valence-electron chi connectivity index (χ4n) is 3.23. The zero-order valence-corrected chi connectivity index (χ0v) is 19.8. The Kier molecular flexibility index (Phi) is 7.56. The third kappa shape index (κ3) is 5.81. The van der Waals surface area contributed by atoms with Crippen LogP contribution in [0.5, 0.6) is 0 Å². The number of anilines is 2. The van der Waals surface area contributed by atoms with Gasteiger partial charge in [0.05, 0.1) is 5.75 Å². The Bertz CT molecular complexity index is 1310. The Morgan fingerprint density at radius 1 is 0.971 bits per heavy atom. The molecular weight excluding hydrogens is 472 g/mol. The SMILES string of the molecule is CCn1c(SCC(=O)Nc2cccc(NC(=O)c3cccc(Cl)c3)c2)nnc1-c1ccncc1. The van der Waals surface area contributed by atoms with Crippen molar-refractivity contribution in [3.05, 3.63) is 83.6 Å². The van der Waals surface area contributed by atoms with Crippen molar-refractivity contribution in [3.63, 3.8) is 0 Å². The number of hydrogen-bond acceptors (Lipinski definition) is 6. The molecule has 172 valence electrons. The third-order valence-electron chi connectivity index (χ3n) is 4.79.